The number of amides is 2. The molecule has 0 bridgehead atoms. The Bertz CT molecular complexity index is 1140. The van der Waals surface area contributed by atoms with Crippen LogP contribution in [0, 0.1) is 18.7 Å². The lowest BCUT2D eigenvalue weighted by Crippen LogP contribution is -2.41. The molecular weight excluding hydrogens is 421 g/mol. The summed E-state index contributed by atoms with van der Waals surface area (Å²) >= 11 is 6.16. The molecular formula is C22H23ClFN5O2. The summed E-state index contributed by atoms with van der Waals surface area (Å²) in [5.74, 6) is -0.829. The number of carbonyl (C=O) groups is 2. The third-order valence-electron chi connectivity index (χ3n) is 5.86. The van der Waals surface area contributed by atoms with Gasteiger partial charge in [0, 0.05) is 31.4 Å². The third kappa shape index (κ3) is 4.25. The van der Waals surface area contributed by atoms with E-state index in [9.17, 15) is 14.0 Å². The summed E-state index contributed by atoms with van der Waals surface area (Å²) in [4.78, 5) is 31.4. The Morgan fingerprint density at radius 2 is 2.00 bits per heavy atom. The van der Waals surface area contributed by atoms with Crippen molar-refractivity contribution < 1.29 is 14.0 Å². The number of hydrogen-bond acceptors (Lipinski definition) is 4. The summed E-state index contributed by atoms with van der Waals surface area (Å²) in [7, 11) is 1.66. The van der Waals surface area contributed by atoms with Gasteiger partial charge in [0.25, 0.3) is 5.91 Å². The van der Waals surface area contributed by atoms with Crippen LogP contribution in [0.25, 0.3) is 5.65 Å². The number of rotatable bonds is 4. The van der Waals surface area contributed by atoms with Crippen LogP contribution < -0.4 is 10.2 Å². The molecule has 1 aromatic carbocycles. The number of fused-ring (bicyclic) bond motifs is 1. The largest absolute Gasteiger partial charge is 0.349 e. The number of anilines is 1. The van der Waals surface area contributed by atoms with Gasteiger partial charge in [-0.05, 0) is 56.4 Å². The van der Waals surface area contributed by atoms with Crippen molar-refractivity contribution in [3.63, 3.8) is 0 Å². The van der Waals surface area contributed by atoms with E-state index in [1.54, 1.807) is 43.0 Å². The van der Waals surface area contributed by atoms with E-state index < -0.39 is 5.82 Å². The number of nitrogens with zero attached hydrogens (tertiary/aromatic N) is 4. The lowest BCUT2D eigenvalue weighted by Gasteiger charge is -2.31. The molecule has 3 aromatic rings. The van der Waals surface area contributed by atoms with Crippen molar-refractivity contribution in [3.8, 4) is 0 Å². The summed E-state index contributed by atoms with van der Waals surface area (Å²) in [6, 6.07) is 4.55. The van der Waals surface area contributed by atoms with Gasteiger partial charge in [0.05, 0.1) is 16.9 Å². The van der Waals surface area contributed by atoms with Gasteiger partial charge in [-0.15, -0.1) is 0 Å². The minimum atomic E-state index is -0.396. The lowest BCUT2D eigenvalue weighted by molar-refractivity contribution is -0.123. The molecule has 0 spiro atoms. The van der Waals surface area contributed by atoms with Gasteiger partial charge in [0.1, 0.15) is 11.4 Å². The number of halogens is 2. The number of carbonyl (C=O) groups excluding carboxylic acids is 2. The second-order valence-electron chi connectivity index (χ2n) is 7.92. The molecule has 4 rings (SSSR count). The van der Waals surface area contributed by atoms with Crippen molar-refractivity contribution in [2.24, 2.45) is 5.92 Å². The molecule has 0 radical (unpaired) electrons. The maximum atomic E-state index is 13.7. The van der Waals surface area contributed by atoms with E-state index in [1.807, 2.05) is 0 Å². The molecule has 1 aliphatic rings. The Hall–Kier alpha value is -3.00. The Balaban J connectivity index is 1.36. The maximum absolute atomic E-state index is 13.7. The smallest absolute Gasteiger partial charge is 0.256 e. The minimum Gasteiger partial charge on any atom is -0.349 e. The van der Waals surface area contributed by atoms with E-state index in [1.165, 1.54) is 17.2 Å². The first-order valence-electron chi connectivity index (χ1n) is 10.2. The Kier molecular flexibility index (Phi) is 5.91. The third-order valence-corrected chi connectivity index (χ3v) is 6.16. The van der Waals surface area contributed by atoms with Crippen LogP contribution >= 0.6 is 11.6 Å². The van der Waals surface area contributed by atoms with Gasteiger partial charge in [-0.2, -0.15) is 5.10 Å². The van der Waals surface area contributed by atoms with Crippen molar-refractivity contribution in [1.82, 2.24) is 19.9 Å². The molecule has 7 nitrogen and oxygen atoms in total. The van der Waals surface area contributed by atoms with E-state index in [4.69, 9.17) is 11.6 Å². The van der Waals surface area contributed by atoms with Crippen molar-refractivity contribution in [1.29, 1.82) is 0 Å². The highest BCUT2D eigenvalue weighted by atomic mass is 35.5. The Morgan fingerprint density at radius 3 is 2.74 bits per heavy atom. The van der Waals surface area contributed by atoms with Crippen LogP contribution in [0.4, 0.5) is 10.1 Å². The van der Waals surface area contributed by atoms with Crippen molar-refractivity contribution in [2.45, 2.75) is 38.6 Å². The first-order chi connectivity index (χ1) is 14.8. The zero-order valence-electron chi connectivity index (χ0n) is 17.3. The molecule has 0 atom stereocenters. The fraction of sp³-hybridized carbons (Fsp3) is 0.364. The van der Waals surface area contributed by atoms with Gasteiger partial charge < -0.3 is 10.2 Å². The van der Waals surface area contributed by atoms with Crippen LogP contribution in [0.5, 0.6) is 0 Å². The molecule has 1 aliphatic carbocycles. The van der Waals surface area contributed by atoms with Crippen molar-refractivity contribution in [2.75, 3.05) is 11.9 Å². The van der Waals surface area contributed by atoms with Gasteiger partial charge in [0.15, 0.2) is 5.65 Å². The lowest BCUT2D eigenvalue weighted by atomic mass is 9.85. The van der Waals surface area contributed by atoms with Crippen LogP contribution in [0.1, 0.15) is 41.6 Å². The molecule has 9 heteroatoms. The SMILES string of the molecule is Cc1cc(N(C)C(=O)C2CCC(NC(=O)c3cnn4cccnc34)CC2)c(Cl)cc1F. The normalized spacial score (nSPS) is 18.7. The fourth-order valence-electron chi connectivity index (χ4n) is 4.03. The average Bonchev–Trinajstić information content (AvgIpc) is 3.20. The highest BCUT2D eigenvalue weighted by Crippen LogP contribution is 2.32. The second-order valence-corrected chi connectivity index (χ2v) is 8.33. The Morgan fingerprint density at radius 1 is 1.26 bits per heavy atom. The molecule has 0 saturated heterocycles. The zero-order chi connectivity index (χ0) is 22.1. The number of aryl methyl sites for hydroxylation is 1. The Labute approximate surface area is 184 Å². The quantitative estimate of drug-likeness (QED) is 0.665. The van der Waals surface area contributed by atoms with Gasteiger partial charge in [-0.1, -0.05) is 11.6 Å². The van der Waals surface area contributed by atoms with Gasteiger partial charge >= 0.3 is 0 Å². The molecule has 31 heavy (non-hydrogen) atoms. The van der Waals surface area contributed by atoms with Gasteiger partial charge in [0.2, 0.25) is 5.91 Å². The van der Waals surface area contributed by atoms with E-state index in [0.717, 1.165) is 0 Å². The van der Waals surface area contributed by atoms with E-state index >= 15 is 0 Å². The molecule has 1 fully saturated rings. The molecule has 2 aromatic heterocycles. The molecule has 1 saturated carbocycles. The summed E-state index contributed by atoms with van der Waals surface area (Å²) < 4.78 is 15.2. The second kappa shape index (κ2) is 8.63. The molecule has 162 valence electrons. The zero-order valence-corrected chi connectivity index (χ0v) is 18.1. The van der Waals surface area contributed by atoms with Crippen LogP contribution in [0.2, 0.25) is 5.02 Å². The minimum absolute atomic E-state index is 0.0165. The van der Waals surface area contributed by atoms with Gasteiger partial charge in [-0.25, -0.2) is 13.9 Å². The molecule has 0 unspecified atom stereocenters. The predicted octanol–water partition coefficient (Wildman–Crippen LogP) is 3.78. The van der Waals surface area contributed by atoms with Crippen LogP contribution in [0.3, 0.4) is 0 Å². The number of benzene rings is 1. The standard InChI is InChI=1S/C22H23ClFN5O2/c1-13-10-19(17(23)11-18(13)24)28(2)22(31)14-4-6-15(7-5-14)27-21(30)16-12-26-29-9-3-8-25-20(16)29/h3,8-12,14-15H,4-7H2,1-2H3,(H,27,30). The average molecular weight is 444 g/mol. The molecule has 2 amide bonds. The van der Waals surface area contributed by atoms with Crippen LogP contribution in [-0.2, 0) is 4.79 Å². The molecule has 2 heterocycles. The number of hydrogen-bond donors (Lipinski definition) is 1. The monoisotopic (exact) mass is 443 g/mol. The fourth-order valence-corrected chi connectivity index (χ4v) is 4.30. The first-order valence-corrected chi connectivity index (χ1v) is 10.6. The summed E-state index contributed by atoms with van der Waals surface area (Å²) in [5, 5.41) is 7.39. The van der Waals surface area contributed by atoms with Gasteiger partial charge in [-0.3, -0.25) is 9.59 Å². The number of aromatic nitrogens is 3. The van der Waals surface area contributed by atoms with Crippen LogP contribution in [0.15, 0.2) is 36.8 Å². The highest BCUT2D eigenvalue weighted by Gasteiger charge is 2.30. The summed E-state index contributed by atoms with van der Waals surface area (Å²) in [6.45, 7) is 1.64. The number of nitrogens with one attached hydrogen (secondary N) is 1. The predicted molar refractivity (Wildman–Crippen MR) is 116 cm³/mol. The molecule has 0 aliphatic heterocycles. The maximum Gasteiger partial charge on any atom is 0.256 e. The van der Waals surface area contributed by atoms with Crippen molar-refractivity contribution >= 4 is 34.7 Å². The van der Waals surface area contributed by atoms with Crippen LogP contribution in [-0.4, -0.2) is 39.5 Å². The summed E-state index contributed by atoms with van der Waals surface area (Å²) in [6.07, 6.45) is 7.56. The van der Waals surface area contributed by atoms with E-state index in [-0.39, 0.29) is 28.8 Å². The summed E-state index contributed by atoms with van der Waals surface area (Å²) in [5.41, 5.74) is 1.88. The molecule has 1 N–H and O–H groups in total. The van der Waals surface area contributed by atoms with Crippen molar-refractivity contribution in [3.05, 3.63) is 58.8 Å². The highest BCUT2D eigenvalue weighted by molar-refractivity contribution is 6.33. The van der Waals surface area contributed by atoms with E-state index in [2.05, 4.69) is 15.4 Å². The van der Waals surface area contributed by atoms with E-state index in [0.29, 0.717) is 48.1 Å². The first kappa shape index (κ1) is 21.2. The topological polar surface area (TPSA) is 79.6 Å².